The average Bonchev–Trinajstić information content (AvgIpc) is 3.11. The maximum absolute atomic E-state index is 12.3. The molecule has 0 heterocycles. The molecule has 0 radical (unpaired) electrons. The summed E-state index contributed by atoms with van der Waals surface area (Å²) in [5, 5.41) is 24.7. The van der Waals surface area contributed by atoms with Crippen molar-refractivity contribution in [1.82, 2.24) is 5.32 Å². The minimum atomic E-state index is -0.202. The number of carbonyl (C=O) groups is 1. The number of aliphatic hydroxyl groups excluding tert-OH is 2. The van der Waals surface area contributed by atoms with E-state index in [0.29, 0.717) is 52.8 Å². The quantitative estimate of drug-likeness (QED) is 0.463. The number of fused-ring (bicyclic) bond motifs is 5. The van der Waals surface area contributed by atoms with Gasteiger partial charge in [-0.2, -0.15) is 0 Å². The lowest BCUT2D eigenvalue weighted by Crippen LogP contribution is -2.58. The standard InChI is InChI=1S/C28H49NO3/c1-5-6-15-29-25(32)10-7-18(2)21-8-9-22-26-23(12-14-28(21,22)4)27(3)13-11-20(30)16-19(27)17-24(26)31/h18-24,26,30-31H,5-17H2,1-4H3,(H,29,32)/t18-,19?,20+,21-,22+,23+,24+,26+,27+,28-/m1/s1. The van der Waals surface area contributed by atoms with E-state index in [1.165, 1.54) is 25.7 Å². The number of rotatable bonds is 7. The van der Waals surface area contributed by atoms with E-state index in [9.17, 15) is 15.0 Å². The largest absolute Gasteiger partial charge is 0.393 e. The molecule has 10 atom stereocenters. The Balaban J connectivity index is 1.42. The van der Waals surface area contributed by atoms with Gasteiger partial charge in [0.15, 0.2) is 0 Å². The van der Waals surface area contributed by atoms with E-state index < -0.39 is 0 Å². The Kier molecular flexibility index (Phi) is 7.33. The zero-order valence-corrected chi connectivity index (χ0v) is 21.1. The molecule has 0 aromatic rings. The lowest BCUT2D eigenvalue weighted by molar-refractivity contribution is -0.174. The van der Waals surface area contributed by atoms with Gasteiger partial charge < -0.3 is 15.5 Å². The Morgan fingerprint density at radius 3 is 2.50 bits per heavy atom. The SMILES string of the molecule is CCCCNC(=O)CC[C@@H](C)[C@H]1CC[C@H]2[C@@H]3[C@@H](O)CC4C[C@@H](O)CC[C@]4(C)[C@H]3CC[C@]12C. The topological polar surface area (TPSA) is 69.6 Å². The summed E-state index contributed by atoms with van der Waals surface area (Å²) in [6, 6.07) is 0. The Labute approximate surface area is 196 Å². The van der Waals surface area contributed by atoms with E-state index in [0.717, 1.165) is 51.5 Å². The van der Waals surface area contributed by atoms with Crippen molar-refractivity contribution in [2.24, 2.45) is 46.3 Å². The van der Waals surface area contributed by atoms with Crippen molar-refractivity contribution in [3.8, 4) is 0 Å². The number of carbonyl (C=O) groups excluding carboxylic acids is 1. The van der Waals surface area contributed by atoms with Gasteiger partial charge in [-0.3, -0.25) is 4.79 Å². The molecule has 4 rings (SSSR count). The van der Waals surface area contributed by atoms with Crippen LogP contribution in [-0.2, 0) is 4.79 Å². The molecule has 4 aliphatic carbocycles. The molecular weight excluding hydrogens is 398 g/mol. The predicted octanol–water partition coefficient (Wildman–Crippen LogP) is 5.31. The Morgan fingerprint density at radius 1 is 1.03 bits per heavy atom. The molecule has 0 aromatic carbocycles. The summed E-state index contributed by atoms with van der Waals surface area (Å²) in [4.78, 5) is 12.3. The third-order valence-electron chi connectivity index (χ3n) is 11.1. The zero-order chi connectivity index (χ0) is 23.1. The Morgan fingerprint density at radius 2 is 1.75 bits per heavy atom. The van der Waals surface area contributed by atoms with Crippen molar-refractivity contribution >= 4 is 5.91 Å². The summed E-state index contributed by atoms with van der Waals surface area (Å²) in [5.41, 5.74) is 0.600. The molecule has 4 saturated carbocycles. The van der Waals surface area contributed by atoms with Crippen LogP contribution in [0.5, 0.6) is 0 Å². The van der Waals surface area contributed by atoms with E-state index in [1.807, 2.05) is 0 Å². The first kappa shape index (κ1) is 24.5. The maximum atomic E-state index is 12.3. The monoisotopic (exact) mass is 447 g/mol. The molecule has 4 aliphatic rings. The van der Waals surface area contributed by atoms with Crippen molar-refractivity contribution in [2.75, 3.05) is 6.54 Å². The highest BCUT2D eigenvalue weighted by molar-refractivity contribution is 5.75. The van der Waals surface area contributed by atoms with Crippen LogP contribution in [0.3, 0.4) is 0 Å². The molecule has 0 spiro atoms. The van der Waals surface area contributed by atoms with Crippen molar-refractivity contribution in [2.45, 2.75) is 117 Å². The van der Waals surface area contributed by atoms with E-state index >= 15 is 0 Å². The molecule has 0 bridgehead atoms. The van der Waals surface area contributed by atoms with Crippen LogP contribution in [0.15, 0.2) is 0 Å². The van der Waals surface area contributed by atoms with Crippen LogP contribution in [0.4, 0.5) is 0 Å². The fourth-order valence-electron chi connectivity index (χ4n) is 9.23. The summed E-state index contributed by atoms with van der Waals surface area (Å²) >= 11 is 0. The summed E-state index contributed by atoms with van der Waals surface area (Å²) < 4.78 is 0. The smallest absolute Gasteiger partial charge is 0.220 e. The first-order chi connectivity index (χ1) is 15.2. The lowest BCUT2D eigenvalue weighted by atomic mass is 9.43. The number of hydrogen-bond acceptors (Lipinski definition) is 3. The van der Waals surface area contributed by atoms with Crippen LogP contribution in [-0.4, -0.2) is 34.9 Å². The van der Waals surface area contributed by atoms with Gasteiger partial charge in [0.25, 0.3) is 0 Å². The maximum Gasteiger partial charge on any atom is 0.220 e. The Hall–Kier alpha value is -0.610. The van der Waals surface area contributed by atoms with Crippen LogP contribution in [0.25, 0.3) is 0 Å². The van der Waals surface area contributed by atoms with Crippen LogP contribution in [0.2, 0.25) is 0 Å². The van der Waals surface area contributed by atoms with Crippen molar-refractivity contribution in [3.63, 3.8) is 0 Å². The fraction of sp³-hybridized carbons (Fsp3) is 0.964. The summed E-state index contributed by atoms with van der Waals surface area (Å²) in [7, 11) is 0. The highest BCUT2D eigenvalue weighted by atomic mass is 16.3. The molecule has 3 N–H and O–H groups in total. The van der Waals surface area contributed by atoms with Crippen LogP contribution >= 0.6 is 0 Å². The zero-order valence-electron chi connectivity index (χ0n) is 21.1. The number of nitrogens with one attached hydrogen (secondary N) is 1. The molecule has 0 aliphatic heterocycles. The molecule has 1 unspecified atom stereocenters. The highest BCUT2D eigenvalue weighted by Crippen LogP contribution is 2.68. The van der Waals surface area contributed by atoms with Gasteiger partial charge in [0.2, 0.25) is 5.91 Å². The van der Waals surface area contributed by atoms with Crippen molar-refractivity contribution in [3.05, 3.63) is 0 Å². The molecule has 4 nitrogen and oxygen atoms in total. The molecule has 0 aromatic heterocycles. The lowest BCUT2D eigenvalue weighted by Gasteiger charge is -2.62. The van der Waals surface area contributed by atoms with E-state index in [1.54, 1.807) is 0 Å². The van der Waals surface area contributed by atoms with Crippen molar-refractivity contribution in [1.29, 1.82) is 0 Å². The second kappa shape index (κ2) is 9.56. The molecule has 0 saturated heterocycles. The number of amides is 1. The van der Waals surface area contributed by atoms with Gasteiger partial charge in [0, 0.05) is 13.0 Å². The van der Waals surface area contributed by atoms with Gasteiger partial charge in [-0.15, -0.1) is 0 Å². The molecule has 4 fully saturated rings. The highest BCUT2D eigenvalue weighted by Gasteiger charge is 2.62. The van der Waals surface area contributed by atoms with E-state index in [-0.39, 0.29) is 18.1 Å². The number of aliphatic hydroxyl groups is 2. The summed E-state index contributed by atoms with van der Waals surface area (Å²) in [6.07, 6.45) is 12.3. The minimum Gasteiger partial charge on any atom is -0.393 e. The summed E-state index contributed by atoms with van der Waals surface area (Å²) in [5.74, 6) is 3.59. The molecule has 32 heavy (non-hydrogen) atoms. The van der Waals surface area contributed by atoms with Gasteiger partial charge in [0.1, 0.15) is 0 Å². The molecular formula is C28H49NO3. The van der Waals surface area contributed by atoms with Gasteiger partial charge in [0.05, 0.1) is 12.2 Å². The van der Waals surface area contributed by atoms with Gasteiger partial charge in [-0.1, -0.05) is 34.1 Å². The van der Waals surface area contributed by atoms with Gasteiger partial charge >= 0.3 is 0 Å². The van der Waals surface area contributed by atoms with Crippen LogP contribution in [0.1, 0.15) is 105 Å². The second-order valence-electron chi connectivity index (χ2n) is 12.7. The third-order valence-corrected chi connectivity index (χ3v) is 11.1. The molecule has 4 heteroatoms. The third kappa shape index (κ3) is 4.28. The molecule has 1 amide bonds. The number of hydrogen-bond donors (Lipinski definition) is 3. The first-order valence-electron chi connectivity index (χ1n) is 13.8. The predicted molar refractivity (Wildman–Crippen MR) is 129 cm³/mol. The van der Waals surface area contributed by atoms with Gasteiger partial charge in [-0.05, 0) is 111 Å². The fourth-order valence-corrected chi connectivity index (χ4v) is 9.23. The van der Waals surface area contributed by atoms with Crippen LogP contribution < -0.4 is 5.32 Å². The first-order valence-corrected chi connectivity index (χ1v) is 13.8. The van der Waals surface area contributed by atoms with Gasteiger partial charge in [-0.25, -0.2) is 0 Å². The minimum absolute atomic E-state index is 0.165. The number of unbranched alkanes of at least 4 members (excludes halogenated alkanes) is 1. The van der Waals surface area contributed by atoms with Crippen molar-refractivity contribution < 1.29 is 15.0 Å². The summed E-state index contributed by atoms with van der Waals surface area (Å²) in [6.45, 7) is 10.4. The van der Waals surface area contributed by atoms with E-state index in [2.05, 4.69) is 33.0 Å². The average molecular weight is 448 g/mol. The Bertz CT molecular complexity index is 667. The second-order valence-corrected chi connectivity index (χ2v) is 12.7. The van der Waals surface area contributed by atoms with E-state index in [4.69, 9.17) is 0 Å². The van der Waals surface area contributed by atoms with Crippen LogP contribution in [0, 0.1) is 46.3 Å². The molecule has 184 valence electrons. The normalized spacial score (nSPS) is 46.6.